The molecule has 2 N–H and O–H groups in total. The maximum absolute atomic E-state index is 11.4. The predicted molar refractivity (Wildman–Crippen MR) is 193 cm³/mol. The number of H-pyrrole nitrogens is 1. The van der Waals surface area contributed by atoms with Crippen molar-refractivity contribution in [3.63, 3.8) is 0 Å². The molecule has 3 aromatic rings. The average Bonchev–Trinajstić information content (AvgIpc) is 3.45. The van der Waals surface area contributed by atoms with Crippen LogP contribution in [0.1, 0.15) is 131 Å². The van der Waals surface area contributed by atoms with Gasteiger partial charge in [0.05, 0.1) is 6.10 Å². The summed E-state index contributed by atoms with van der Waals surface area (Å²) in [6.07, 6.45) is 17.8. The third-order valence-electron chi connectivity index (χ3n) is 7.68. The van der Waals surface area contributed by atoms with E-state index in [4.69, 9.17) is 4.74 Å². The Labute approximate surface area is 270 Å². The molecule has 0 aliphatic rings. The fourth-order valence-electron chi connectivity index (χ4n) is 4.87. The summed E-state index contributed by atoms with van der Waals surface area (Å²) >= 11 is 0. The first-order valence-electron chi connectivity index (χ1n) is 17.0. The summed E-state index contributed by atoms with van der Waals surface area (Å²) in [6.45, 7) is 18.5. The lowest BCUT2D eigenvalue weighted by atomic mass is 9.87. The van der Waals surface area contributed by atoms with E-state index in [0.29, 0.717) is 17.9 Å². The molecular weight excluding hydrogens is 540 g/mol. The molecule has 2 aromatic carbocycles. The van der Waals surface area contributed by atoms with Crippen molar-refractivity contribution in [1.29, 1.82) is 0 Å². The van der Waals surface area contributed by atoms with Gasteiger partial charge in [0.1, 0.15) is 0 Å². The number of nitrogens with one attached hydrogen (secondary N) is 2. The van der Waals surface area contributed by atoms with Crippen LogP contribution >= 0.6 is 0 Å². The zero-order chi connectivity index (χ0) is 32.8. The van der Waals surface area contributed by atoms with E-state index in [-0.39, 0.29) is 11.3 Å². The van der Waals surface area contributed by atoms with Gasteiger partial charge in [0.15, 0.2) is 0 Å². The second-order valence-corrected chi connectivity index (χ2v) is 13.8. The van der Waals surface area contributed by atoms with Crippen LogP contribution in [0.4, 0.5) is 0 Å². The number of hydrogen-bond donors (Lipinski definition) is 2. The largest absolute Gasteiger partial charge is 0.381 e. The Balaban J connectivity index is 0.000000355. The smallest absolute Gasteiger partial charge is 0.220 e. The quantitative estimate of drug-likeness (QED) is 0.142. The van der Waals surface area contributed by atoms with Gasteiger partial charge in [-0.3, -0.25) is 4.79 Å². The topological polar surface area (TPSA) is 54.1 Å². The fraction of sp³-hybridized carbons (Fsp3) is 0.575. The van der Waals surface area contributed by atoms with Crippen molar-refractivity contribution in [2.24, 2.45) is 0 Å². The number of fused-ring (bicyclic) bond motifs is 1. The highest BCUT2D eigenvalue weighted by Crippen LogP contribution is 2.29. The Morgan fingerprint density at radius 2 is 1.50 bits per heavy atom. The number of unbranched alkanes of at least 4 members (excludes halogenated alkanes) is 4. The first-order valence-corrected chi connectivity index (χ1v) is 17.0. The minimum atomic E-state index is 0.153. The molecule has 0 spiro atoms. The maximum atomic E-state index is 11.4. The van der Waals surface area contributed by atoms with Crippen LogP contribution in [0.15, 0.2) is 72.9 Å². The minimum Gasteiger partial charge on any atom is -0.381 e. The van der Waals surface area contributed by atoms with Crippen LogP contribution < -0.4 is 5.32 Å². The van der Waals surface area contributed by atoms with Crippen molar-refractivity contribution in [2.45, 2.75) is 137 Å². The van der Waals surface area contributed by atoms with E-state index in [1.54, 1.807) is 7.11 Å². The Hall–Kier alpha value is -2.85. The molecule has 1 amide bonds. The Morgan fingerprint density at radius 3 is 2.09 bits per heavy atom. The van der Waals surface area contributed by atoms with Gasteiger partial charge in [-0.15, -0.1) is 0 Å². The molecule has 0 fully saturated rings. The van der Waals surface area contributed by atoms with E-state index in [1.807, 2.05) is 0 Å². The molecule has 4 heteroatoms. The van der Waals surface area contributed by atoms with E-state index in [0.717, 1.165) is 32.2 Å². The third-order valence-corrected chi connectivity index (χ3v) is 7.68. The van der Waals surface area contributed by atoms with Gasteiger partial charge in [-0.1, -0.05) is 148 Å². The van der Waals surface area contributed by atoms with Crippen LogP contribution in [-0.4, -0.2) is 30.6 Å². The van der Waals surface area contributed by atoms with Gasteiger partial charge in [0.25, 0.3) is 0 Å². The Morgan fingerprint density at radius 1 is 0.841 bits per heavy atom. The highest BCUT2D eigenvalue weighted by Gasteiger charge is 2.17. The molecule has 44 heavy (non-hydrogen) atoms. The molecule has 1 atom stereocenters. The summed E-state index contributed by atoms with van der Waals surface area (Å²) in [5.74, 6) is 0.153. The first-order chi connectivity index (χ1) is 20.9. The number of allylic oxidation sites excluding steroid dienone is 1. The number of carbonyl (C=O) groups is 1. The summed E-state index contributed by atoms with van der Waals surface area (Å²) < 4.78 is 5.51. The van der Waals surface area contributed by atoms with Crippen LogP contribution in [0.5, 0.6) is 0 Å². The molecule has 0 aliphatic carbocycles. The second kappa shape index (κ2) is 21.8. The fourth-order valence-corrected chi connectivity index (χ4v) is 4.87. The van der Waals surface area contributed by atoms with Crippen molar-refractivity contribution >= 4 is 16.8 Å². The molecule has 0 unspecified atom stereocenters. The van der Waals surface area contributed by atoms with Gasteiger partial charge >= 0.3 is 0 Å². The summed E-state index contributed by atoms with van der Waals surface area (Å²) in [5.41, 5.74) is 4.53. The van der Waals surface area contributed by atoms with Gasteiger partial charge in [0, 0.05) is 37.2 Å². The SMILES string of the molecule is CC(C)(C)c1c[nH]c2ccccc12.CC(C)(C)c1ccccc1.CCCCCCC[C@@H](C/C=C/CCC(=O)NCCC)OC. The molecular formula is C40H64N2O2. The Bertz CT molecular complexity index is 1170. The number of para-hydroxylation sites is 1. The molecule has 1 heterocycles. The molecule has 1 aromatic heterocycles. The predicted octanol–water partition coefficient (Wildman–Crippen LogP) is 11.1. The van der Waals surface area contributed by atoms with Gasteiger partial charge in [-0.2, -0.15) is 0 Å². The van der Waals surface area contributed by atoms with Crippen LogP contribution in [0.2, 0.25) is 0 Å². The molecule has 0 saturated heterocycles. The highest BCUT2D eigenvalue weighted by atomic mass is 16.5. The molecule has 0 bridgehead atoms. The van der Waals surface area contributed by atoms with Crippen LogP contribution in [0, 0.1) is 0 Å². The summed E-state index contributed by atoms with van der Waals surface area (Å²) in [6, 6.07) is 19.0. The zero-order valence-corrected chi connectivity index (χ0v) is 29.6. The number of hydrogen-bond acceptors (Lipinski definition) is 2. The zero-order valence-electron chi connectivity index (χ0n) is 29.6. The number of ether oxygens (including phenoxy) is 1. The number of rotatable bonds is 14. The molecule has 0 saturated carbocycles. The second-order valence-electron chi connectivity index (χ2n) is 13.8. The summed E-state index contributed by atoms with van der Waals surface area (Å²) in [5, 5.41) is 4.23. The highest BCUT2D eigenvalue weighted by molar-refractivity contribution is 5.84. The maximum Gasteiger partial charge on any atom is 0.220 e. The minimum absolute atomic E-state index is 0.153. The van der Waals surface area contributed by atoms with Crippen LogP contribution in [0.3, 0.4) is 0 Å². The number of benzene rings is 2. The number of amides is 1. The number of aromatic nitrogens is 1. The summed E-state index contributed by atoms with van der Waals surface area (Å²) in [4.78, 5) is 14.7. The van der Waals surface area contributed by atoms with Crippen molar-refractivity contribution in [3.05, 3.63) is 84.1 Å². The first kappa shape index (κ1) is 39.2. The van der Waals surface area contributed by atoms with Crippen LogP contribution in [0.25, 0.3) is 10.9 Å². The van der Waals surface area contributed by atoms with Gasteiger partial charge < -0.3 is 15.0 Å². The number of aromatic amines is 1. The third kappa shape index (κ3) is 16.9. The van der Waals surface area contributed by atoms with E-state index in [1.165, 1.54) is 54.1 Å². The molecule has 4 nitrogen and oxygen atoms in total. The Kier molecular flexibility index (Phi) is 19.4. The van der Waals surface area contributed by atoms with Gasteiger partial charge in [0.2, 0.25) is 5.91 Å². The standard InChI is InChI=1S/C18H35NO2.C12H15N.C10H14/c1-4-6-7-8-10-13-17(21-3)14-11-9-12-15-18(20)19-16-5-2;1-12(2,3)10-8-13-11-7-5-4-6-9(10)11;1-10(2,3)9-7-5-4-6-8-9/h9,11,17H,4-8,10,12-16H2,1-3H3,(H,19,20);4-8,13H,1-3H3;4-8H,1-3H3/b11-9+;;/t17-;;/m0../s1. The van der Waals surface area contributed by atoms with E-state index >= 15 is 0 Å². The normalized spacial score (nSPS) is 12.3. The van der Waals surface area contributed by atoms with Gasteiger partial charge in [-0.05, 0) is 53.7 Å². The number of carbonyl (C=O) groups excluding carboxylic acids is 1. The molecule has 0 radical (unpaired) electrons. The molecule has 0 aliphatic heterocycles. The number of methoxy groups -OCH3 is 1. The van der Waals surface area contributed by atoms with Crippen molar-refractivity contribution in [1.82, 2.24) is 10.3 Å². The monoisotopic (exact) mass is 604 g/mol. The lowest BCUT2D eigenvalue weighted by Crippen LogP contribution is -2.23. The lowest BCUT2D eigenvalue weighted by molar-refractivity contribution is -0.121. The van der Waals surface area contributed by atoms with Crippen molar-refractivity contribution < 1.29 is 9.53 Å². The molecule has 3 rings (SSSR count). The van der Waals surface area contributed by atoms with E-state index in [9.17, 15) is 4.79 Å². The van der Waals surface area contributed by atoms with Gasteiger partial charge in [-0.25, -0.2) is 0 Å². The summed E-state index contributed by atoms with van der Waals surface area (Å²) in [7, 11) is 1.79. The van der Waals surface area contributed by atoms with E-state index in [2.05, 4.69) is 139 Å². The van der Waals surface area contributed by atoms with E-state index < -0.39 is 0 Å². The lowest BCUT2D eigenvalue weighted by Gasteiger charge is -2.18. The molecule has 246 valence electrons. The van der Waals surface area contributed by atoms with Crippen molar-refractivity contribution in [2.75, 3.05) is 13.7 Å². The average molecular weight is 605 g/mol. The van der Waals surface area contributed by atoms with Crippen LogP contribution in [-0.2, 0) is 20.4 Å². The van der Waals surface area contributed by atoms with Crippen molar-refractivity contribution in [3.8, 4) is 0 Å².